The zero-order chi connectivity index (χ0) is 13.7. The van der Waals surface area contributed by atoms with E-state index in [1.54, 1.807) is 5.38 Å². The second kappa shape index (κ2) is 6.45. The van der Waals surface area contributed by atoms with Crippen LogP contribution >= 0.6 is 11.3 Å². The second-order valence-electron chi connectivity index (χ2n) is 4.27. The van der Waals surface area contributed by atoms with Crippen LogP contribution in [-0.4, -0.2) is 17.4 Å². The predicted molar refractivity (Wildman–Crippen MR) is 77.2 cm³/mol. The maximum atomic E-state index is 12.0. The molecule has 100 valence electrons. The number of amides is 1. The number of hydrogen-bond donors (Lipinski definition) is 2. The van der Waals surface area contributed by atoms with E-state index in [4.69, 9.17) is 5.73 Å². The van der Waals surface area contributed by atoms with Crippen LogP contribution in [0.3, 0.4) is 0 Å². The molecule has 1 amide bonds. The van der Waals surface area contributed by atoms with Crippen LogP contribution in [0.4, 0.5) is 0 Å². The Hall–Kier alpha value is -1.72. The van der Waals surface area contributed by atoms with Crippen LogP contribution in [0, 0.1) is 0 Å². The van der Waals surface area contributed by atoms with Gasteiger partial charge in [-0.05, 0) is 19.0 Å². The van der Waals surface area contributed by atoms with E-state index < -0.39 is 0 Å². The van der Waals surface area contributed by atoms with Gasteiger partial charge in [-0.1, -0.05) is 30.3 Å². The molecule has 0 aliphatic rings. The molecule has 1 heterocycles. The zero-order valence-corrected chi connectivity index (χ0v) is 11.6. The van der Waals surface area contributed by atoms with E-state index in [-0.39, 0.29) is 11.9 Å². The summed E-state index contributed by atoms with van der Waals surface area (Å²) < 4.78 is 0. The minimum atomic E-state index is -0.143. The molecule has 19 heavy (non-hydrogen) atoms. The van der Waals surface area contributed by atoms with Gasteiger partial charge in [-0.25, -0.2) is 4.98 Å². The summed E-state index contributed by atoms with van der Waals surface area (Å²) in [7, 11) is 0. The molecule has 0 aliphatic carbocycles. The van der Waals surface area contributed by atoms with Crippen LogP contribution in [0.5, 0.6) is 0 Å². The Labute approximate surface area is 116 Å². The number of rotatable bonds is 5. The lowest BCUT2D eigenvalue weighted by atomic mass is 10.1. The number of carbonyl (C=O) groups is 1. The quantitative estimate of drug-likeness (QED) is 0.878. The van der Waals surface area contributed by atoms with Crippen molar-refractivity contribution in [2.24, 2.45) is 5.73 Å². The van der Waals surface area contributed by atoms with E-state index in [1.807, 2.05) is 37.3 Å². The molecule has 1 aromatic carbocycles. The molecule has 0 saturated heterocycles. The van der Waals surface area contributed by atoms with Gasteiger partial charge >= 0.3 is 0 Å². The minimum Gasteiger partial charge on any atom is -0.344 e. The van der Waals surface area contributed by atoms with Gasteiger partial charge in [-0.3, -0.25) is 4.79 Å². The molecule has 0 fully saturated rings. The largest absolute Gasteiger partial charge is 0.344 e. The van der Waals surface area contributed by atoms with Crippen molar-refractivity contribution >= 4 is 17.2 Å². The maximum Gasteiger partial charge on any atom is 0.271 e. The summed E-state index contributed by atoms with van der Waals surface area (Å²) in [4.78, 5) is 16.3. The first-order chi connectivity index (χ1) is 9.20. The molecule has 0 saturated carbocycles. The van der Waals surface area contributed by atoms with E-state index in [0.717, 1.165) is 10.6 Å². The molecule has 1 unspecified atom stereocenters. The molecular weight excluding hydrogens is 258 g/mol. The molecule has 0 radical (unpaired) electrons. The summed E-state index contributed by atoms with van der Waals surface area (Å²) in [5.41, 5.74) is 7.01. The highest BCUT2D eigenvalue weighted by molar-refractivity contribution is 7.09. The first-order valence-corrected chi connectivity index (χ1v) is 7.09. The number of hydrogen-bond acceptors (Lipinski definition) is 4. The topological polar surface area (TPSA) is 68.0 Å². The summed E-state index contributed by atoms with van der Waals surface area (Å²) in [5, 5.41) is 5.62. The standard InChI is InChI=1S/C14H17N3OS/c1-10(11-5-3-2-4-6-11)16-14(18)12-9-19-13(17-12)7-8-15/h2-6,9-10H,7-8,15H2,1H3,(H,16,18). The fourth-order valence-electron chi connectivity index (χ4n) is 1.75. The molecule has 1 aromatic heterocycles. The van der Waals surface area contributed by atoms with E-state index in [1.165, 1.54) is 11.3 Å². The Morgan fingerprint density at radius 1 is 1.42 bits per heavy atom. The monoisotopic (exact) mass is 275 g/mol. The molecule has 5 heteroatoms. The number of thiazole rings is 1. The molecule has 0 spiro atoms. The van der Waals surface area contributed by atoms with E-state index in [2.05, 4.69) is 10.3 Å². The summed E-state index contributed by atoms with van der Waals surface area (Å²) in [6, 6.07) is 9.82. The molecule has 1 atom stereocenters. The van der Waals surface area contributed by atoms with Crippen molar-refractivity contribution in [3.63, 3.8) is 0 Å². The van der Waals surface area contributed by atoms with E-state index in [0.29, 0.717) is 18.7 Å². The highest BCUT2D eigenvalue weighted by Crippen LogP contribution is 2.14. The maximum absolute atomic E-state index is 12.0. The van der Waals surface area contributed by atoms with E-state index >= 15 is 0 Å². The fraction of sp³-hybridized carbons (Fsp3) is 0.286. The molecule has 2 rings (SSSR count). The molecular formula is C14H17N3OS. The Morgan fingerprint density at radius 2 is 2.16 bits per heavy atom. The van der Waals surface area contributed by atoms with Crippen molar-refractivity contribution in [1.82, 2.24) is 10.3 Å². The summed E-state index contributed by atoms with van der Waals surface area (Å²) in [6.45, 7) is 2.51. The molecule has 4 nitrogen and oxygen atoms in total. The Kier molecular flexibility index (Phi) is 4.65. The van der Waals surface area contributed by atoms with Crippen molar-refractivity contribution < 1.29 is 4.79 Å². The Balaban J connectivity index is 2.00. The molecule has 3 N–H and O–H groups in total. The van der Waals surface area contributed by atoms with Crippen molar-refractivity contribution in [2.75, 3.05) is 6.54 Å². The lowest BCUT2D eigenvalue weighted by Gasteiger charge is -2.13. The van der Waals surface area contributed by atoms with Gasteiger partial charge in [-0.15, -0.1) is 11.3 Å². The van der Waals surface area contributed by atoms with Crippen LogP contribution in [0.25, 0.3) is 0 Å². The van der Waals surface area contributed by atoms with Crippen molar-refractivity contribution in [1.29, 1.82) is 0 Å². The summed E-state index contributed by atoms with van der Waals surface area (Å²) >= 11 is 1.47. The third-order valence-electron chi connectivity index (χ3n) is 2.79. The van der Waals surface area contributed by atoms with Gasteiger partial charge in [0, 0.05) is 11.8 Å². The lowest BCUT2D eigenvalue weighted by molar-refractivity contribution is 0.0935. The van der Waals surface area contributed by atoms with Crippen LogP contribution in [0.15, 0.2) is 35.7 Å². The normalized spacial score (nSPS) is 12.1. The van der Waals surface area contributed by atoms with Gasteiger partial charge in [0.1, 0.15) is 5.69 Å². The molecule has 2 aromatic rings. The smallest absolute Gasteiger partial charge is 0.271 e. The van der Waals surface area contributed by atoms with Crippen molar-refractivity contribution in [3.8, 4) is 0 Å². The highest BCUT2D eigenvalue weighted by Gasteiger charge is 2.14. The summed E-state index contributed by atoms with van der Waals surface area (Å²) in [5.74, 6) is -0.143. The van der Waals surface area contributed by atoms with Crippen molar-refractivity contribution in [3.05, 3.63) is 52.0 Å². The third-order valence-corrected chi connectivity index (χ3v) is 3.70. The number of aromatic nitrogens is 1. The zero-order valence-electron chi connectivity index (χ0n) is 10.8. The highest BCUT2D eigenvalue weighted by atomic mass is 32.1. The van der Waals surface area contributed by atoms with Gasteiger partial charge in [0.15, 0.2) is 0 Å². The first kappa shape index (κ1) is 13.7. The van der Waals surface area contributed by atoms with Gasteiger partial charge in [0.05, 0.1) is 11.0 Å². The van der Waals surface area contributed by atoms with Gasteiger partial charge < -0.3 is 11.1 Å². The number of nitrogens with zero attached hydrogens (tertiary/aromatic N) is 1. The summed E-state index contributed by atoms with van der Waals surface area (Å²) in [6.07, 6.45) is 0.714. The number of nitrogens with one attached hydrogen (secondary N) is 1. The first-order valence-electron chi connectivity index (χ1n) is 6.21. The van der Waals surface area contributed by atoms with Crippen LogP contribution < -0.4 is 11.1 Å². The van der Waals surface area contributed by atoms with Crippen LogP contribution in [-0.2, 0) is 6.42 Å². The van der Waals surface area contributed by atoms with Crippen LogP contribution in [0.2, 0.25) is 0 Å². The number of benzene rings is 1. The fourth-order valence-corrected chi connectivity index (χ4v) is 2.54. The van der Waals surface area contributed by atoms with Gasteiger partial charge in [0.25, 0.3) is 5.91 Å². The average molecular weight is 275 g/mol. The number of carbonyl (C=O) groups excluding carboxylic acids is 1. The average Bonchev–Trinajstić information content (AvgIpc) is 2.89. The molecule has 0 aliphatic heterocycles. The van der Waals surface area contributed by atoms with Crippen molar-refractivity contribution in [2.45, 2.75) is 19.4 Å². The lowest BCUT2D eigenvalue weighted by Crippen LogP contribution is -2.26. The molecule has 0 bridgehead atoms. The predicted octanol–water partition coefficient (Wildman–Crippen LogP) is 2.14. The minimum absolute atomic E-state index is 0.0339. The van der Waals surface area contributed by atoms with Gasteiger partial charge in [-0.2, -0.15) is 0 Å². The van der Waals surface area contributed by atoms with Gasteiger partial charge in [0.2, 0.25) is 0 Å². The van der Waals surface area contributed by atoms with E-state index in [9.17, 15) is 4.79 Å². The van der Waals surface area contributed by atoms with Crippen LogP contribution in [0.1, 0.15) is 34.0 Å². The Morgan fingerprint density at radius 3 is 2.84 bits per heavy atom. The second-order valence-corrected chi connectivity index (χ2v) is 5.21. The SMILES string of the molecule is CC(NC(=O)c1csc(CCN)n1)c1ccccc1. The third kappa shape index (κ3) is 3.62. The number of nitrogens with two attached hydrogens (primary N) is 1. The Bertz CT molecular complexity index is 539.